The van der Waals surface area contributed by atoms with E-state index >= 15 is 0 Å². The fraction of sp³-hybridized carbons (Fsp3) is 0.0714. The van der Waals surface area contributed by atoms with Crippen LogP contribution >= 0.6 is 34.3 Å². The van der Waals surface area contributed by atoms with Crippen LogP contribution in [0.3, 0.4) is 0 Å². The summed E-state index contributed by atoms with van der Waals surface area (Å²) < 4.78 is 5.52. The molecule has 0 fully saturated rings. The van der Waals surface area contributed by atoms with Gasteiger partial charge in [0, 0.05) is 27.4 Å². The summed E-state index contributed by atoms with van der Waals surface area (Å²) in [5, 5.41) is 18.1. The van der Waals surface area contributed by atoms with Gasteiger partial charge >= 0.3 is 5.69 Å². The summed E-state index contributed by atoms with van der Waals surface area (Å²) in [5.74, 6) is 0.180. The Labute approximate surface area is 138 Å². The van der Waals surface area contributed by atoms with Crippen LogP contribution in [-0.4, -0.2) is 9.91 Å². The van der Waals surface area contributed by atoms with E-state index in [1.165, 1.54) is 23.5 Å². The van der Waals surface area contributed by atoms with E-state index in [2.05, 4.69) is 4.98 Å². The lowest BCUT2D eigenvalue weighted by Gasteiger charge is -2.05. The second-order valence-electron chi connectivity index (χ2n) is 4.31. The van der Waals surface area contributed by atoms with Gasteiger partial charge in [-0.2, -0.15) is 11.3 Å². The zero-order chi connectivity index (χ0) is 15.5. The molecule has 112 valence electrons. The molecule has 0 aliphatic carbocycles. The van der Waals surface area contributed by atoms with Crippen LogP contribution in [0.1, 0.15) is 5.69 Å². The number of hydrogen-bond donors (Lipinski definition) is 0. The maximum Gasteiger partial charge on any atom is 0.312 e. The van der Waals surface area contributed by atoms with Gasteiger partial charge in [0.25, 0.3) is 0 Å². The van der Waals surface area contributed by atoms with Crippen molar-refractivity contribution in [2.24, 2.45) is 0 Å². The predicted molar refractivity (Wildman–Crippen MR) is 87.9 cm³/mol. The lowest BCUT2D eigenvalue weighted by Crippen LogP contribution is -1.99. The maximum absolute atomic E-state index is 11.0. The summed E-state index contributed by atoms with van der Waals surface area (Å²) >= 11 is 8.89. The van der Waals surface area contributed by atoms with Gasteiger partial charge < -0.3 is 4.74 Å². The second-order valence-corrected chi connectivity index (χ2v) is 6.39. The number of thiazole rings is 1. The summed E-state index contributed by atoms with van der Waals surface area (Å²) in [7, 11) is 0. The highest BCUT2D eigenvalue weighted by molar-refractivity contribution is 7.14. The van der Waals surface area contributed by atoms with Crippen molar-refractivity contribution < 1.29 is 9.66 Å². The largest absolute Gasteiger partial charge is 0.480 e. The number of hydrogen-bond acceptors (Lipinski definition) is 6. The molecule has 0 atom stereocenters. The third-order valence-corrected chi connectivity index (χ3v) is 4.67. The maximum atomic E-state index is 11.0. The van der Waals surface area contributed by atoms with Crippen molar-refractivity contribution in [1.82, 2.24) is 4.98 Å². The molecule has 0 amide bonds. The average molecular weight is 353 g/mol. The molecular weight excluding hydrogens is 344 g/mol. The highest BCUT2D eigenvalue weighted by Gasteiger charge is 2.16. The first-order chi connectivity index (χ1) is 10.6. The van der Waals surface area contributed by atoms with Crippen LogP contribution in [0.5, 0.6) is 5.75 Å². The van der Waals surface area contributed by atoms with Crippen molar-refractivity contribution in [2.75, 3.05) is 0 Å². The van der Waals surface area contributed by atoms with Gasteiger partial charge in [0.2, 0.25) is 0 Å². The van der Waals surface area contributed by atoms with Crippen molar-refractivity contribution in [3.05, 3.63) is 61.2 Å². The van der Waals surface area contributed by atoms with E-state index in [0.717, 1.165) is 16.3 Å². The Kier molecular flexibility index (Phi) is 4.37. The summed E-state index contributed by atoms with van der Waals surface area (Å²) in [4.78, 5) is 14.9. The standard InChI is InChI=1S/C14H9ClN2O3S2/c15-10-1-2-13(12(5-10)17(18)19)20-6-11-8-22-14(16-11)9-3-4-21-7-9/h1-5,7-8H,6H2. The number of nitrogens with zero attached hydrogens (tertiary/aromatic N) is 2. The van der Waals surface area contributed by atoms with Crippen molar-refractivity contribution >= 4 is 40.0 Å². The molecule has 22 heavy (non-hydrogen) atoms. The van der Waals surface area contributed by atoms with Crippen LogP contribution in [0.2, 0.25) is 5.02 Å². The van der Waals surface area contributed by atoms with E-state index in [0.29, 0.717) is 5.02 Å². The molecule has 2 aromatic heterocycles. The third-order valence-electron chi connectivity index (χ3n) is 2.81. The Morgan fingerprint density at radius 1 is 1.32 bits per heavy atom. The number of rotatable bonds is 5. The van der Waals surface area contributed by atoms with Gasteiger partial charge in [0.05, 0.1) is 10.6 Å². The minimum absolute atomic E-state index is 0.152. The molecule has 1 aromatic carbocycles. The van der Waals surface area contributed by atoms with Gasteiger partial charge in [-0.3, -0.25) is 10.1 Å². The first kappa shape index (κ1) is 15.0. The van der Waals surface area contributed by atoms with E-state index in [4.69, 9.17) is 16.3 Å². The van der Waals surface area contributed by atoms with E-state index in [1.54, 1.807) is 17.4 Å². The highest BCUT2D eigenvalue weighted by Crippen LogP contribution is 2.31. The molecule has 3 aromatic rings. The SMILES string of the molecule is O=[N+]([O-])c1cc(Cl)ccc1OCc1csc(-c2ccsc2)n1. The molecule has 5 nitrogen and oxygen atoms in total. The Balaban J connectivity index is 1.74. The molecule has 8 heteroatoms. The first-order valence-electron chi connectivity index (χ1n) is 6.17. The number of benzene rings is 1. The molecule has 0 aliphatic heterocycles. The molecule has 0 bridgehead atoms. The summed E-state index contributed by atoms with van der Waals surface area (Å²) in [5.41, 5.74) is 1.65. The molecule has 0 N–H and O–H groups in total. The van der Waals surface area contributed by atoms with Gasteiger partial charge in [-0.1, -0.05) is 11.6 Å². The van der Waals surface area contributed by atoms with Gasteiger partial charge in [0.1, 0.15) is 11.6 Å². The van der Waals surface area contributed by atoms with Crippen molar-refractivity contribution in [3.63, 3.8) is 0 Å². The summed E-state index contributed by atoms with van der Waals surface area (Å²) in [6.07, 6.45) is 0. The Morgan fingerprint density at radius 2 is 2.18 bits per heavy atom. The molecule has 0 spiro atoms. The Bertz CT molecular complexity index is 802. The normalized spacial score (nSPS) is 10.6. The number of nitro benzene ring substituents is 1. The van der Waals surface area contributed by atoms with Crippen LogP contribution in [0.25, 0.3) is 10.6 Å². The number of thiophene rings is 1. The van der Waals surface area contributed by atoms with Gasteiger partial charge in [-0.05, 0) is 23.6 Å². The molecule has 0 aliphatic rings. The lowest BCUT2D eigenvalue weighted by atomic mass is 10.3. The van der Waals surface area contributed by atoms with E-state index in [9.17, 15) is 10.1 Å². The molecule has 0 saturated heterocycles. The lowest BCUT2D eigenvalue weighted by molar-refractivity contribution is -0.385. The smallest absolute Gasteiger partial charge is 0.312 e. The summed E-state index contributed by atoms with van der Waals surface area (Å²) in [6.45, 7) is 0.170. The molecule has 0 radical (unpaired) electrons. The van der Waals surface area contributed by atoms with Crippen molar-refractivity contribution in [1.29, 1.82) is 0 Å². The fourth-order valence-corrected chi connectivity index (χ4v) is 3.48. The highest BCUT2D eigenvalue weighted by atomic mass is 35.5. The van der Waals surface area contributed by atoms with Gasteiger partial charge in [0.15, 0.2) is 5.75 Å². The van der Waals surface area contributed by atoms with E-state index < -0.39 is 4.92 Å². The topological polar surface area (TPSA) is 65.3 Å². The second kappa shape index (κ2) is 6.43. The van der Waals surface area contributed by atoms with E-state index in [-0.39, 0.29) is 18.0 Å². The van der Waals surface area contributed by atoms with Crippen LogP contribution in [0.15, 0.2) is 40.4 Å². The minimum atomic E-state index is -0.515. The van der Waals surface area contributed by atoms with Crippen LogP contribution < -0.4 is 4.74 Å². The molecular formula is C14H9ClN2O3S2. The Hall–Kier alpha value is -1.96. The molecule has 3 rings (SSSR count). The fourth-order valence-electron chi connectivity index (χ4n) is 1.80. The van der Waals surface area contributed by atoms with Crippen LogP contribution in [0.4, 0.5) is 5.69 Å². The van der Waals surface area contributed by atoms with Crippen LogP contribution in [-0.2, 0) is 6.61 Å². The van der Waals surface area contributed by atoms with Crippen molar-refractivity contribution in [2.45, 2.75) is 6.61 Å². The Morgan fingerprint density at radius 3 is 2.91 bits per heavy atom. The zero-order valence-corrected chi connectivity index (χ0v) is 13.5. The zero-order valence-electron chi connectivity index (χ0n) is 11.1. The number of ether oxygens (including phenoxy) is 1. The minimum Gasteiger partial charge on any atom is -0.480 e. The van der Waals surface area contributed by atoms with Crippen molar-refractivity contribution in [3.8, 4) is 16.3 Å². The molecule has 2 heterocycles. The number of nitro groups is 1. The number of aromatic nitrogens is 1. The summed E-state index contributed by atoms with van der Waals surface area (Å²) in [6, 6.07) is 6.32. The quantitative estimate of drug-likeness (QED) is 0.478. The van der Waals surface area contributed by atoms with Gasteiger partial charge in [-0.15, -0.1) is 11.3 Å². The van der Waals surface area contributed by atoms with Gasteiger partial charge in [-0.25, -0.2) is 4.98 Å². The first-order valence-corrected chi connectivity index (χ1v) is 8.37. The predicted octanol–water partition coefficient (Wildman–Crippen LogP) is 5.01. The molecule has 0 unspecified atom stereocenters. The van der Waals surface area contributed by atoms with Crippen LogP contribution in [0, 0.1) is 10.1 Å². The monoisotopic (exact) mass is 352 g/mol. The number of halogens is 1. The average Bonchev–Trinajstić information content (AvgIpc) is 3.16. The van der Waals surface area contributed by atoms with E-state index in [1.807, 2.05) is 22.2 Å². The third kappa shape index (κ3) is 3.27. The molecule has 0 saturated carbocycles.